The number of fused-ring (bicyclic) bond motifs is 4. The van der Waals surface area contributed by atoms with Crippen LogP contribution in [0.2, 0.25) is 0 Å². The van der Waals surface area contributed by atoms with Crippen LogP contribution in [-0.4, -0.2) is 44.2 Å². The van der Waals surface area contributed by atoms with Crippen LogP contribution < -0.4 is 14.5 Å². The van der Waals surface area contributed by atoms with Crippen molar-refractivity contribution >= 4 is 35.1 Å². The molecule has 1 aliphatic carbocycles. The summed E-state index contributed by atoms with van der Waals surface area (Å²) in [6, 6.07) is 11.3. The molecule has 8 nitrogen and oxygen atoms in total. The summed E-state index contributed by atoms with van der Waals surface area (Å²) in [6.45, 7) is 0. The minimum atomic E-state index is -5.02. The molecule has 3 atom stereocenters. The smallest absolute Gasteiger partial charge is 0.466 e. The highest BCUT2D eigenvalue weighted by Gasteiger charge is 2.71. The first kappa shape index (κ1) is 22.6. The first-order valence-electron chi connectivity index (χ1n) is 10.4. The van der Waals surface area contributed by atoms with Crippen molar-refractivity contribution in [1.29, 1.82) is 0 Å². The van der Waals surface area contributed by atoms with E-state index in [0.717, 1.165) is 29.0 Å². The van der Waals surface area contributed by atoms with Gasteiger partial charge < -0.3 is 14.4 Å². The number of ether oxygens (including phenoxy) is 2. The molecule has 0 radical (unpaired) electrons. The Balaban J connectivity index is 1.75. The average molecular weight is 486 g/mol. The van der Waals surface area contributed by atoms with Crippen molar-refractivity contribution in [3.63, 3.8) is 0 Å². The van der Waals surface area contributed by atoms with Gasteiger partial charge in [-0.2, -0.15) is 0 Å². The number of imide groups is 1. The fourth-order valence-corrected chi connectivity index (χ4v) is 5.33. The lowest BCUT2D eigenvalue weighted by Gasteiger charge is -2.31. The molecule has 3 aliphatic rings. The van der Waals surface area contributed by atoms with Crippen molar-refractivity contribution in [2.24, 2.45) is 11.8 Å². The Morgan fingerprint density at radius 2 is 1.71 bits per heavy atom. The third kappa shape index (κ3) is 3.00. The van der Waals surface area contributed by atoms with Gasteiger partial charge in [0.1, 0.15) is 11.2 Å². The zero-order chi connectivity index (χ0) is 25.3. The lowest BCUT2D eigenvalue weighted by Crippen LogP contribution is -2.49. The zero-order valence-electron chi connectivity index (χ0n) is 18.3. The lowest BCUT2D eigenvalue weighted by molar-refractivity contribution is -0.274. The molecule has 11 heteroatoms. The second-order valence-corrected chi connectivity index (χ2v) is 8.32. The summed E-state index contributed by atoms with van der Waals surface area (Å²) in [6.07, 6.45) is -3.80. The minimum absolute atomic E-state index is 0.0491. The predicted octanol–water partition coefficient (Wildman–Crippen LogP) is 2.72. The Labute approximate surface area is 196 Å². The molecule has 0 aromatic heterocycles. The summed E-state index contributed by atoms with van der Waals surface area (Å²) in [5.41, 5.74) is -1.94. The number of rotatable bonds is 3. The number of carbonyl (C=O) groups is 4. The monoisotopic (exact) mass is 486 g/mol. The maximum atomic E-state index is 13.8. The normalized spacial score (nSPS) is 25.2. The van der Waals surface area contributed by atoms with Gasteiger partial charge in [0.15, 0.2) is 0 Å². The second kappa shape index (κ2) is 7.42. The molecular formula is C24H17F3N2O6. The van der Waals surface area contributed by atoms with Crippen molar-refractivity contribution in [2.75, 3.05) is 24.0 Å². The van der Waals surface area contributed by atoms with E-state index in [4.69, 9.17) is 4.74 Å². The molecule has 0 N–H and O–H groups in total. The minimum Gasteiger partial charge on any atom is -0.466 e. The van der Waals surface area contributed by atoms with E-state index in [0.29, 0.717) is 0 Å². The van der Waals surface area contributed by atoms with Gasteiger partial charge in [-0.05, 0) is 30.3 Å². The number of nitrogens with zero attached hydrogens (tertiary/aromatic N) is 2. The van der Waals surface area contributed by atoms with Gasteiger partial charge in [0.2, 0.25) is 17.7 Å². The summed E-state index contributed by atoms with van der Waals surface area (Å²) in [4.78, 5) is 55.8. The number of esters is 1. The molecule has 180 valence electrons. The van der Waals surface area contributed by atoms with Crippen molar-refractivity contribution < 1.29 is 41.8 Å². The highest BCUT2D eigenvalue weighted by molar-refractivity contribution is 6.29. The molecule has 0 bridgehead atoms. The van der Waals surface area contributed by atoms with Gasteiger partial charge >= 0.3 is 12.3 Å². The van der Waals surface area contributed by atoms with Crippen LogP contribution in [0.15, 0.2) is 60.2 Å². The molecule has 5 rings (SSSR count). The fourth-order valence-electron chi connectivity index (χ4n) is 5.33. The molecule has 2 aliphatic heterocycles. The molecule has 2 aromatic rings. The number of alkyl halides is 3. The van der Waals surface area contributed by atoms with E-state index in [2.05, 4.69) is 4.74 Å². The first-order chi connectivity index (χ1) is 16.5. The van der Waals surface area contributed by atoms with Gasteiger partial charge in [-0.1, -0.05) is 24.3 Å². The molecule has 0 saturated carbocycles. The average Bonchev–Trinajstić information content (AvgIpc) is 3.37. The maximum Gasteiger partial charge on any atom is 0.573 e. The van der Waals surface area contributed by atoms with E-state index < -0.39 is 53.1 Å². The molecule has 2 heterocycles. The number of anilines is 2. The number of likely N-dealkylation sites (N-methyl/N-ethyl adjacent to an activating group) is 1. The van der Waals surface area contributed by atoms with Crippen LogP contribution in [0.4, 0.5) is 24.5 Å². The van der Waals surface area contributed by atoms with E-state index >= 15 is 0 Å². The van der Waals surface area contributed by atoms with Gasteiger partial charge in [0, 0.05) is 18.3 Å². The van der Waals surface area contributed by atoms with E-state index in [1.165, 1.54) is 19.2 Å². The number of hydrogen-bond acceptors (Lipinski definition) is 6. The number of carbonyl (C=O) groups excluding carboxylic acids is 4. The molecule has 35 heavy (non-hydrogen) atoms. The van der Waals surface area contributed by atoms with Crippen LogP contribution in [0.5, 0.6) is 5.75 Å². The van der Waals surface area contributed by atoms with Crippen molar-refractivity contribution in [2.45, 2.75) is 11.8 Å². The summed E-state index contributed by atoms with van der Waals surface area (Å²) in [7, 11) is 2.44. The highest BCUT2D eigenvalue weighted by atomic mass is 19.4. The Kier molecular flexibility index (Phi) is 4.80. The number of benzene rings is 2. The lowest BCUT2D eigenvalue weighted by atomic mass is 9.67. The number of amides is 3. The van der Waals surface area contributed by atoms with Crippen LogP contribution in [0.25, 0.3) is 0 Å². The largest absolute Gasteiger partial charge is 0.573 e. The van der Waals surface area contributed by atoms with Gasteiger partial charge in [0.05, 0.1) is 30.2 Å². The predicted molar refractivity (Wildman–Crippen MR) is 114 cm³/mol. The van der Waals surface area contributed by atoms with Gasteiger partial charge in [-0.15, -0.1) is 13.2 Å². The van der Waals surface area contributed by atoms with Crippen molar-refractivity contribution in [3.05, 3.63) is 65.7 Å². The highest BCUT2D eigenvalue weighted by Crippen LogP contribution is 2.60. The van der Waals surface area contributed by atoms with E-state index in [-0.39, 0.29) is 22.5 Å². The van der Waals surface area contributed by atoms with Gasteiger partial charge in [-0.25, -0.2) is 9.69 Å². The second-order valence-electron chi connectivity index (χ2n) is 8.32. The molecule has 1 saturated heterocycles. The van der Waals surface area contributed by atoms with Crippen LogP contribution >= 0.6 is 0 Å². The van der Waals surface area contributed by atoms with Crippen molar-refractivity contribution in [3.8, 4) is 5.75 Å². The first-order valence-corrected chi connectivity index (χ1v) is 10.4. The molecule has 3 amide bonds. The van der Waals surface area contributed by atoms with E-state index in [1.807, 2.05) is 0 Å². The maximum absolute atomic E-state index is 13.8. The molecule has 0 unspecified atom stereocenters. The molecule has 1 fully saturated rings. The van der Waals surface area contributed by atoms with Crippen LogP contribution in [-0.2, 0) is 29.3 Å². The number of hydrogen-bond donors (Lipinski definition) is 0. The van der Waals surface area contributed by atoms with Gasteiger partial charge in [0.25, 0.3) is 0 Å². The van der Waals surface area contributed by atoms with Crippen LogP contribution in [0.3, 0.4) is 0 Å². The Morgan fingerprint density at radius 3 is 2.34 bits per heavy atom. The summed E-state index contributed by atoms with van der Waals surface area (Å²) in [5.74, 6) is -6.36. The van der Waals surface area contributed by atoms with Gasteiger partial charge in [-0.3, -0.25) is 14.4 Å². The molecule has 2 aromatic carbocycles. The fraction of sp³-hybridized carbons (Fsp3) is 0.250. The Bertz CT molecular complexity index is 1320. The zero-order valence-corrected chi connectivity index (χ0v) is 18.3. The number of halogens is 3. The summed E-state index contributed by atoms with van der Waals surface area (Å²) < 4.78 is 47.8. The standard InChI is InChI=1S/C24H17F3N2O6/c1-28-17-9-8-13(35-24(25,26)27)10-15(17)23(22(28)33)16(21(32)34-2)11-14-18(23)20(31)29(19(14)30)12-6-4-3-5-7-12/h3-11,14,18H,1-2H3/t14-,18+,23+/m0/s1. The Hall–Kier alpha value is -4.15. The third-order valence-electron chi connectivity index (χ3n) is 6.64. The Morgan fingerprint density at radius 1 is 1.03 bits per heavy atom. The van der Waals surface area contributed by atoms with E-state index in [9.17, 15) is 32.3 Å². The SMILES string of the molecule is COC(=O)C1=C[C@@H]2C(=O)N(c3ccccc3)C(=O)[C@@H]2[C@]12C(=O)N(C)c1ccc(OC(F)(F)F)cc12. The number of para-hydroxylation sites is 1. The van der Waals surface area contributed by atoms with Crippen molar-refractivity contribution in [1.82, 2.24) is 0 Å². The third-order valence-corrected chi connectivity index (χ3v) is 6.64. The number of methoxy groups -OCH3 is 1. The quantitative estimate of drug-likeness (QED) is 0.490. The summed E-state index contributed by atoms with van der Waals surface area (Å²) in [5, 5.41) is 0. The molecular weight excluding hydrogens is 469 g/mol. The van der Waals surface area contributed by atoms with Crippen LogP contribution in [0, 0.1) is 11.8 Å². The topological polar surface area (TPSA) is 93.2 Å². The van der Waals surface area contributed by atoms with E-state index in [1.54, 1.807) is 30.3 Å². The van der Waals surface area contributed by atoms with Crippen LogP contribution in [0.1, 0.15) is 5.56 Å². The molecule has 1 spiro atoms. The summed E-state index contributed by atoms with van der Waals surface area (Å²) >= 11 is 0.